The van der Waals surface area contributed by atoms with Gasteiger partial charge in [-0.1, -0.05) is 19.9 Å². The van der Waals surface area contributed by atoms with E-state index in [0.29, 0.717) is 12.5 Å². The Morgan fingerprint density at radius 3 is 2.06 bits per heavy atom. The quantitative estimate of drug-likeness (QED) is 0.543. The van der Waals surface area contributed by atoms with Gasteiger partial charge in [0.25, 0.3) is 5.91 Å². The molecule has 185 valence electrons. The molecule has 0 spiro atoms. The van der Waals surface area contributed by atoms with Crippen molar-refractivity contribution in [1.82, 2.24) is 15.7 Å². The van der Waals surface area contributed by atoms with Crippen LogP contribution in [0, 0.1) is 5.92 Å². The highest BCUT2D eigenvalue weighted by Gasteiger charge is 2.48. The van der Waals surface area contributed by atoms with Gasteiger partial charge in [0, 0.05) is 17.1 Å². The number of hydrogen-bond donors (Lipinski definition) is 2. The van der Waals surface area contributed by atoms with E-state index in [1.807, 2.05) is 13.8 Å². The van der Waals surface area contributed by atoms with E-state index in [1.54, 1.807) is 48.5 Å². The summed E-state index contributed by atoms with van der Waals surface area (Å²) in [5, 5.41) is 18.4. The van der Waals surface area contributed by atoms with Gasteiger partial charge in [0.15, 0.2) is 0 Å². The van der Waals surface area contributed by atoms with E-state index in [1.165, 1.54) is 0 Å². The molecule has 1 fully saturated rings. The minimum absolute atomic E-state index is 0.115. The van der Waals surface area contributed by atoms with Crippen LogP contribution >= 0.6 is 0 Å². The van der Waals surface area contributed by atoms with Crippen LogP contribution in [0.25, 0.3) is 0 Å². The maximum Gasteiger partial charge on any atom is 0.408 e. The lowest BCUT2D eigenvalue weighted by Gasteiger charge is -2.50. The summed E-state index contributed by atoms with van der Waals surface area (Å²) in [7, 11) is 0. The van der Waals surface area contributed by atoms with Crippen LogP contribution in [0.3, 0.4) is 0 Å². The third kappa shape index (κ3) is 8.65. The molecule has 2 N–H and O–H groups in total. The second-order valence-corrected chi connectivity index (χ2v) is 11.4. The van der Waals surface area contributed by atoms with Crippen LogP contribution in [-0.4, -0.2) is 51.7 Å². The van der Waals surface area contributed by atoms with E-state index in [-0.39, 0.29) is 18.8 Å². The highest BCUT2D eigenvalue weighted by Crippen LogP contribution is 2.37. The Hall–Kier alpha value is -1.74. The van der Waals surface area contributed by atoms with Crippen molar-refractivity contribution in [2.45, 2.75) is 116 Å². The van der Waals surface area contributed by atoms with Crippen LogP contribution in [-0.2, 0) is 14.7 Å². The fourth-order valence-electron chi connectivity index (χ4n) is 4.11. The smallest absolute Gasteiger partial charge is 0.408 e. The van der Waals surface area contributed by atoms with E-state index in [9.17, 15) is 23.6 Å². The van der Waals surface area contributed by atoms with Gasteiger partial charge in [-0.25, -0.2) is 4.79 Å². The number of rotatable bonds is 7. The number of nitrogens with zero attached hydrogens (tertiary/aromatic N) is 1. The first kappa shape index (κ1) is 28.3. The lowest BCUT2D eigenvalue weighted by Crippen LogP contribution is -2.63. The van der Waals surface area contributed by atoms with Crippen molar-refractivity contribution in [3.05, 3.63) is 12.2 Å². The predicted molar refractivity (Wildman–Crippen MR) is 119 cm³/mol. The normalized spacial score (nSPS) is 20.9. The summed E-state index contributed by atoms with van der Waals surface area (Å²) in [6.07, 6.45) is 1.87. The number of alkyl carbamates (subject to hydrolysis) is 1. The Balaban J connectivity index is 2.88. The number of carbonyl (C=O) groups excluding carboxylic acids is 2. The summed E-state index contributed by atoms with van der Waals surface area (Å²) in [5.41, 5.74) is -2.30. The number of piperidine rings is 1. The number of nitrogens with one attached hydrogen (secondary N) is 2. The monoisotopic (exact) mass is 460 g/mol. The Morgan fingerprint density at radius 1 is 1.12 bits per heavy atom. The lowest BCUT2D eigenvalue weighted by atomic mass is 9.79. The first-order valence-electron chi connectivity index (χ1n) is 11.1. The molecule has 2 amide bonds. The van der Waals surface area contributed by atoms with Crippen molar-refractivity contribution >= 4 is 12.0 Å². The van der Waals surface area contributed by atoms with Crippen molar-refractivity contribution in [3.8, 4) is 0 Å². The molecular weight excluding hydrogens is 420 g/mol. The SMILES string of the molecule is CC(C)C[C@H](/C=C/C(F)(F)C(=O)NC1CC(C)(C)N([O])C(C)(C)C1)NC(=O)OC(C)(C)C. The number of carbonyl (C=O) groups is 2. The van der Waals surface area contributed by atoms with Gasteiger partial charge in [-0.15, -0.1) is 10.3 Å². The fraction of sp³-hybridized carbons (Fsp3) is 0.826. The van der Waals surface area contributed by atoms with Gasteiger partial charge in [-0.05, 0) is 79.7 Å². The van der Waals surface area contributed by atoms with Crippen LogP contribution in [0.4, 0.5) is 13.6 Å². The molecule has 0 bridgehead atoms. The minimum atomic E-state index is -3.77. The molecular formula is C23H40F2N3O4. The Kier molecular flexibility index (Phi) is 8.87. The van der Waals surface area contributed by atoms with E-state index >= 15 is 0 Å². The third-order valence-corrected chi connectivity index (χ3v) is 5.19. The fourth-order valence-corrected chi connectivity index (χ4v) is 4.11. The van der Waals surface area contributed by atoms with Gasteiger partial charge in [0.1, 0.15) is 5.60 Å². The molecule has 9 heteroatoms. The third-order valence-electron chi connectivity index (χ3n) is 5.19. The molecule has 0 aromatic heterocycles. The molecule has 32 heavy (non-hydrogen) atoms. The molecule has 1 aliphatic rings. The zero-order valence-corrected chi connectivity index (χ0v) is 20.8. The van der Waals surface area contributed by atoms with Crippen molar-refractivity contribution < 1.29 is 28.3 Å². The van der Waals surface area contributed by atoms with E-state index < -0.39 is 46.7 Å². The summed E-state index contributed by atoms with van der Waals surface area (Å²) in [5.74, 6) is -5.08. The summed E-state index contributed by atoms with van der Waals surface area (Å²) >= 11 is 0. The molecule has 7 nitrogen and oxygen atoms in total. The van der Waals surface area contributed by atoms with Crippen LogP contribution in [0.2, 0.25) is 0 Å². The molecule has 0 aromatic rings. The topological polar surface area (TPSA) is 90.6 Å². The Labute approximate surface area is 190 Å². The van der Waals surface area contributed by atoms with Crippen molar-refractivity contribution in [1.29, 1.82) is 0 Å². The van der Waals surface area contributed by atoms with Gasteiger partial charge in [0.05, 0.1) is 6.04 Å². The number of halogens is 2. The molecule has 1 heterocycles. The van der Waals surface area contributed by atoms with Gasteiger partial charge in [-0.2, -0.15) is 8.78 Å². The highest BCUT2D eigenvalue weighted by atomic mass is 19.3. The van der Waals surface area contributed by atoms with Gasteiger partial charge >= 0.3 is 12.0 Å². The molecule has 0 saturated carbocycles. The van der Waals surface area contributed by atoms with E-state index in [4.69, 9.17) is 4.74 Å². The second-order valence-electron chi connectivity index (χ2n) is 11.4. The Morgan fingerprint density at radius 2 is 1.62 bits per heavy atom. The van der Waals surface area contributed by atoms with Crippen LogP contribution in [0.5, 0.6) is 0 Å². The maximum atomic E-state index is 14.6. The molecule has 1 atom stereocenters. The van der Waals surface area contributed by atoms with Crippen molar-refractivity contribution in [2.75, 3.05) is 0 Å². The lowest BCUT2D eigenvalue weighted by molar-refractivity contribution is -0.290. The molecule has 0 aromatic carbocycles. The number of hydrogen-bond acceptors (Lipinski definition) is 4. The number of amides is 2. The molecule has 0 aliphatic carbocycles. The minimum Gasteiger partial charge on any atom is -0.444 e. The number of hydroxylamine groups is 2. The standard InChI is InChI=1S/C23H40F2N3O4/c1-15(2)12-16(27-19(30)32-20(3,4)5)10-11-23(24,25)18(29)26-17-13-21(6,7)28(31)22(8,9)14-17/h10-11,15-17H,12-14H2,1-9H3,(H,26,29)(H,27,30)/b11-10+/t16-/m0/s1. The zero-order valence-electron chi connectivity index (χ0n) is 20.8. The summed E-state index contributed by atoms with van der Waals surface area (Å²) in [4.78, 5) is 24.4. The molecule has 1 rings (SSSR count). The summed E-state index contributed by atoms with van der Waals surface area (Å²) < 4.78 is 34.4. The number of ether oxygens (including phenoxy) is 1. The molecule has 1 saturated heterocycles. The average Bonchev–Trinajstić information content (AvgIpc) is 2.54. The van der Waals surface area contributed by atoms with E-state index in [0.717, 1.165) is 11.1 Å². The molecule has 1 aliphatic heterocycles. The van der Waals surface area contributed by atoms with Crippen molar-refractivity contribution in [3.63, 3.8) is 0 Å². The number of alkyl halides is 2. The summed E-state index contributed by atoms with van der Waals surface area (Å²) in [6, 6.07) is -1.27. The molecule has 1 radical (unpaired) electrons. The average molecular weight is 461 g/mol. The van der Waals surface area contributed by atoms with Gasteiger partial charge < -0.3 is 15.4 Å². The molecule has 0 unspecified atom stereocenters. The van der Waals surface area contributed by atoms with Crippen LogP contribution in [0.15, 0.2) is 12.2 Å². The van der Waals surface area contributed by atoms with Crippen molar-refractivity contribution in [2.24, 2.45) is 5.92 Å². The summed E-state index contributed by atoms with van der Waals surface area (Å²) in [6.45, 7) is 15.8. The van der Waals surface area contributed by atoms with Gasteiger partial charge in [-0.3, -0.25) is 4.79 Å². The van der Waals surface area contributed by atoms with Gasteiger partial charge in [0.2, 0.25) is 0 Å². The van der Waals surface area contributed by atoms with Crippen LogP contribution < -0.4 is 10.6 Å². The largest absolute Gasteiger partial charge is 0.444 e. The first-order valence-corrected chi connectivity index (χ1v) is 11.1. The second kappa shape index (κ2) is 10.0. The zero-order chi connectivity index (χ0) is 25.1. The maximum absolute atomic E-state index is 14.6. The highest BCUT2D eigenvalue weighted by molar-refractivity contribution is 5.85. The van der Waals surface area contributed by atoms with E-state index in [2.05, 4.69) is 10.6 Å². The Bertz CT molecular complexity index is 682. The van der Waals surface area contributed by atoms with Crippen LogP contribution in [0.1, 0.15) is 81.6 Å². The predicted octanol–water partition coefficient (Wildman–Crippen LogP) is 4.60. The first-order chi connectivity index (χ1) is 14.2.